The molecule has 0 aromatic heterocycles. The number of hydrogen-bond donors (Lipinski definition) is 1. The summed E-state index contributed by atoms with van der Waals surface area (Å²) in [5.41, 5.74) is 0. The van der Waals surface area contributed by atoms with Gasteiger partial charge in [0.2, 0.25) is 0 Å². The second-order valence-corrected chi connectivity index (χ2v) is 4.10. The number of methoxy groups -OCH3 is 2. The zero-order valence-electron chi connectivity index (χ0n) is 11.5. The van der Waals surface area contributed by atoms with Gasteiger partial charge < -0.3 is 19.3 Å². The molecule has 5 nitrogen and oxygen atoms in total. The molecule has 0 unspecified atom stereocenters. The van der Waals surface area contributed by atoms with Crippen molar-refractivity contribution in [1.29, 1.82) is 0 Å². The minimum Gasteiger partial charge on any atom is -0.493 e. The smallest absolute Gasteiger partial charge is 0.344 e. The van der Waals surface area contributed by atoms with Crippen LogP contribution in [0.2, 0.25) is 0 Å². The number of benzene rings is 1. The largest absolute Gasteiger partial charge is 0.493 e. The molecule has 0 bridgehead atoms. The minimum absolute atomic E-state index is 0.459. The van der Waals surface area contributed by atoms with Crippen molar-refractivity contribution in [3.8, 4) is 17.2 Å². The van der Waals surface area contributed by atoms with Crippen LogP contribution >= 0.6 is 0 Å². The van der Waals surface area contributed by atoms with Gasteiger partial charge in [-0.3, -0.25) is 0 Å². The molecule has 1 atom stereocenters. The Kier molecular flexibility index (Phi) is 5.99. The second-order valence-electron chi connectivity index (χ2n) is 4.10. The predicted molar refractivity (Wildman–Crippen MR) is 71.1 cm³/mol. The van der Waals surface area contributed by atoms with E-state index in [0.717, 1.165) is 12.8 Å². The van der Waals surface area contributed by atoms with Crippen molar-refractivity contribution in [2.75, 3.05) is 14.2 Å². The average molecular weight is 268 g/mol. The molecule has 5 heteroatoms. The summed E-state index contributed by atoms with van der Waals surface area (Å²) >= 11 is 0. The third-order valence-corrected chi connectivity index (χ3v) is 2.73. The summed E-state index contributed by atoms with van der Waals surface area (Å²) in [5.74, 6) is 0.597. The van der Waals surface area contributed by atoms with E-state index in [4.69, 9.17) is 19.3 Å². The molecule has 0 fully saturated rings. The maximum absolute atomic E-state index is 11.1. The summed E-state index contributed by atoms with van der Waals surface area (Å²) in [5, 5.41) is 9.11. The van der Waals surface area contributed by atoms with E-state index in [9.17, 15) is 4.79 Å². The summed E-state index contributed by atoms with van der Waals surface area (Å²) in [6.07, 6.45) is 1.39. The van der Waals surface area contributed by atoms with Gasteiger partial charge in [0, 0.05) is 6.07 Å². The summed E-state index contributed by atoms with van der Waals surface area (Å²) in [4.78, 5) is 11.1. The molecule has 0 aliphatic heterocycles. The number of carboxylic acid groups (broad SMARTS) is 1. The highest BCUT2D eigenvalue weighted by Crippen LogP contribution is 2.31. The molecule has 0 aliphatic rings. The van der Waals surface area contributed by atoms with Gasteiger partial charge in [0.15, 0.2) is 17.6 Å². The first-order valence-electron chi connectivity index (χ1n) is 6.23. The van der Waals surface area contributed by atoms with E-state index < -0.39 is 12.1 Å². The molecule has 106 valence electrons. The second kappa shape index (κ2) is 7.51. The molecule has 1 aromatic rings. The number of carbonyl (C=O) groups is 1. The van der Waals surface area contributed by atoms with Gasteiger partial charge in [0.05, 0.1) is 14.2 Å². The maximum atomic E-state index is 11.1. The van der Waals surface area contributed by atoms with Gasteiger partial charge in [-0.15, -0.1) is 0 Å². The fraction of sp³-hybridized carbons (Fsp3) is 0.500. The van der Waals surface area contributed by atoms with Crippen molar-refractivity contribution in [3.05, 3.63) is 18.2 Å². The fourth-order valence-corrected chi connectivity index (χ4v) is 1.68. The quantitative estimate of drug-likeness (QED) is 0.785. The van der Waals surface area contributed by atoms with Crippen molar-refractivity contribution >= 4 is 5.97 Å². The molecule has 0 radical (unpaired) electrons. The van der Waals surface area contributed by atoms with Crippen LogP contribution in [0, 0.1) is 0 Å². The summed E-state index contributed by atoms with van der Waals surface area (Å²) < 4.78 is 15.7. The van der Waals surface area contributed by atoms with Crippen LogP contribution in [0.5, 0.6) is 17.2 Å². The molecule has 1 aromatic carbocycles. The molecule has 1 N–H and O–H groups in total. The fourth-order valence-electron chi connectivity index (χ4n) is 1.68. The first kappa shape index (κ1) is 15.1. The molecular weight excluding hydrogens is 248 g/mol. The third-order valence-electron chi connectivity index (χ3n) is 2.73. The Morgan fingerprint density at radius 2 is 1.95 bits per heavy atom. The maximum Gasteiger partial charge on any atom is 0.344 e. The Morgan fingerprint density at radius 3 is 2.47 bits per heavy atom. The Balaban J connectivity index is 2.81. The third kappa shape index (κ3) is 4.35. The molecule has 0 spiro atoms. The minimum atomic E-state index is -0.955. The van der Waals surface area contributed by atoms with Crippen LogP contribution in [0.25, 0.3) is 0 Å². The highest BCUT2D eigenvalue weighted by molar-refractivity contribution is 5.72. The monoisotopic (exact) mass is 268 g/mol. The van der Waals surface area contributed by atoms with Crippen LogP contribution < -0.4 is 14.2 Å². The number of aliphatic carboxylic acids is 1. The SMILES string of the molecule is CCCC[C@H](Oc1ccc(OC)c(OC)c1)C(=O)O. The van der Waals surface area contributed by atoms with Crippen LogP contribution in [0.3, 0.4) is 0 Å². The molecule has 1 rings (SSSR count). The zero-order chi connectivity index (χ0) is 14.3. The topological polar surface area (TPSA) is 65.0 Å². The van der Waals surface area contributed by atoms with E-state index in [1.807, 2.05) is 6.92 Å². The van der Waals surface area contributed by atoms with E-state index in [-0.39, 0.29) is 0 Å². The lowest BCUT2D eigenvalue weighted by Crippen LogP contribution is -2.26. The number of carboxylic acids is 1. The van der Waals surface area contributed by atoms with Crippen LogP contribution in [0.1, 0.15) is 26.2 Å². The van der Waals surface area contributed by atoms with Crippen molar-refractivity contribution in [2.24, 2.45) is 0 Å². The molecule has 0 aliphatic carbocycles. The summed E-state index contributed by atoms with van der Waals surface area (Å²) in [6, 6.07) is 4.98. The van der Waals surface area contributed by atoms with Crippen LogP contribution in [0.4, 0.5) is 0 Å². The lowest BCUT2D eigenvalue weighted by atomic mass is 10.1. The van der Waals surface area contributed by atoms with Crippen molar-refractivity contribution < 1.29 is 24.1 Å². The number of ether oxygens (including phenoxy) is 3. The van der Waals surface area contributed by atoms with Crippen LogP contribution in [-0.2, 0) is 4.79 Å². The average Bonchev–Trinajstić information content (AvgIpc) is 2.42. The number of rotatable bonds is 8. The van der Waals surface area contributed by atoms with E-state index in [1.165, 1.54) is 7.11 Å². The first-order chi connectivity index (χ1) is 9.12. The van der Waals surface area contributed by atoms with Gasteiger partial charge in [0.25, 0.3) is 0 Å². The molecule has 0 saturated carbocycles. The lowest BCUT2D eigenvalue weighted by Gasteiger charge is -2.16. The standard InChI is InChI=1S/C14H20O5/c1-4-5-6-12(14(15)16)19-10-7-8-11(17-2)13(9-10)18-3/h7-9,12H,4-6H2,1-3H3,(H,15,16)/t12-/m0/s1. The van der Waals surface area contributed by atoms with Crippen LogP contribution in [0.15, 0.2) is 18.2 Å². The Hall–Kier alpha value is -1.91. The van der Waals surface area contributed by atoms with E-state index >= 15 is 0 Å². The molecule has 0 heterocycles. The predicted octanol–water partition coefficient (Wildman–Crippen LogP) is 2.73. The molecule has 19 heavy (non-hydrogen) atoms. The van der Waals surface area contributed by atoms with Crippen LogP contribution in [-0.4, -0.2) is 31.4 Å². The normalized spacial score (nSPS) is 11.7. The Bertz CT molecular complexity index is 416. The molecule has 0 amide bonds. The number of unbranched alkanes of at least 4 members (excludes halogenated alkanes) is 1. The van der Waals surface area contributed by atoms with E-state index in [1.54, 1.807) is 25.3 Å². The zero-order valence-corrected chi connectivity index (χ0v) is 11.5. The summed E-state index contributed by atoms with van der Waals surface area (Å²) in [7, 11) is 3.06. The molecular formula is C14H20O5. The van der Waals surface area contributed by atoms with Gasteiger partial charge in [-0.25, -0.2) is 4.79 Å². The van der Waals surface area contributed by atoms with Crippen molar-refractivity contribution in [1.82, 2.24) is 0 Å². The summed E-state index contributed by atoms with van der Waals surface area (Å²) in [6.45, 7) is 2.01. The highest BCUT2D eigenvalue weighted by atomic mass is 16.5. The van der Waals surface area contributed by atoms with Gasteiger partial charge in [-0.2, -0.15) is 0 Å². The van der Waals surface area contributed by atoms with Gasteiger partial charge >= 0.3 is 5.97 Å². The number of hydrogen-bond acceptors (Lipinski definition) is 4. The lowest BCUT2D eigenvalue weighted by molar-refractivity contribution is -0.145. The van der Waals surface area contributed by atoms with Crippen molar-refractivity contribution in [3.63, 3.8) is 0 Å². The first-order valence-corrected chi connectivity index (χ1v) is 6.23. The van der Waals surface area contributed by atoms with Gasteiger partial charge in [-0.1, -0.05) is 13.3 Å². The molecule has 0 saturated heterocycles. The van der Waals surface area contributed by atoms with Crippen molar-refractivity contribution in [2.45, 2.75) is 32.3 Å². The van der Waals surface area contributed by atoms with Gasteiger partial charge in [-0.05, 0) is 25.0 Å². The Labute approximate surface area is 113 Å². The highest BCUT2D eigenvalue weighted by Gasteiger charge is 2.19. The van der Waals surface area contributed by atoms with Gasteiger partial charge in [0.1, 0.15) is 5.75 Å². The van der Waals surface area contributed by atoms with E-state index in [0.29, 0.717) is 23.7 Å². The van der Waals surface area contributed by atoms with E-state index in [2.05, 4.69) is 0 Å². The Morgan fingerprint density at radius 1 is 1.26 bits per heavy atom.